The van der Waals surface area contributed by atoms with E-state index in [2.05, 4.69) is 36.4 Å². The molecule has 0 radical (unpaired) electrons. The van der Waals surface area contributed by atoms with Gasteiger partial charge in [-0.2, -0.15) is 0 Å². The van der Waals surface area contributed by atoms with E-state index in [1.165, 1.54) is 35.6 Å². The van der Waals surface area contributed by atoms with Gasteiger partial charge in [-0.25, -0.2) is 0 Å². The molecular weight excluding hydrogens is 232 g/mol. The summed E-state index contributed by atoms with van der Waals surface area (Å²) in [7, 11) is 0. The van der Waals surface area contributed by atoms with E-state index in [1.54, 1.807) is 0 Å². The number of hydrogen-bond acceptors (Lipinski definition) is 1. The van der Waals surface area contributed by atoms with Crippen LogP contribution >= 0.6 is 0 Å². The first-order valence-corrected chi connectivity index (χ1v) is 7.17. The third-order valence-electron chi connectivity index (χ3n) is 4.00. The molecule has 0 saturated heterocycles. The average molecular weight is 252 g/mol. The highest BCUT2D eigenvalue weighted by Gasteiger charge is 2.12. The van der Waals surface area contributed by atoms with Gasteiger partial charge in [-0.3, -0.25) is 0 Å². The lowest BCUT2D eigenvalue weighted by Crippen LogP contribution is -2.01. The number of benzene rings is 2. The van der Waals surface area contributed by atoms with Gasteiger partial charge < -0.3 is 5.11 Å². The SMILES string of the molecule is OC(CC1=CCCCC1)c1ccc2ccccc2c1. The highest BCUT2D eigenvalue weighted by Crippen LogP contribution is 2.29. The maximum absolute atomic E-state index is 10.4. The van der Waals surface area contributed by atoms with Gasteiger partial charge in [-0.1, -0.05) is 48.0 Å². The minimum absolute atomic E-state index is 0.367. The summed E-state index contributed by atoms with van der Waals surface area (Å²) in [5, 5.41) is 12.8. The van der Waals surface area contributed by atoms with Crippen molar-refractivity contribution in [3.05, 3.63) is 59.7 Å². The molecule has 0 fully saturated rings. The van der Waals surface area contributed by atoms with Crippen molar-refractivity contribution < 1.29 is 5.11 Å². The molecule has 1 heteroatoms. The van der Waals surface area contributed by atoms with Crippen LogP contribution in [0.5, 0.6) is 0 Å². The Balaban J connectivity index is 1.80. The van der Waals surface area contributed by atoms with Crippen LogP contribution in [0.4, 0.5) is 0 Å². The van der Waals surface area contributed by atoms with E-state index in [-0.39, 0.29) is 6.10 Å². The van der Waals surface area contributed by atoms with Crippen molar-refractivity contribution in [3.8, 4) is 0 Å². The molecule has 1 nitrogen and oxygen atoms in total. The van der Waals surface area contributed by atoms with Crippen molar-refractivity contribution in [1.29, 1.82) is 0 Å². The molecule has 2 aromatic carbocycles. The molecule has 0 aromatic heterocycles. The molecular formula is C18H20O. The fraction of sp³-hybridized carbons (Fsp3) is 0.333. The Labute approximate surface area is 114 Å². The Kier molecular flexibility index (Phi) is 3.65. The Morgan fingerprint density at radius 3 is 2.63 bits per heavy atom. The lowest BCUT2D eigenvalue weighted by molar-refractivity contribution is 0.176. The monoisotopic (exact) mass is 252 g/mol. The molecule has 0 bridgehead atoms. The van der Waals surface area contributed by atoms with Crippen molar-refractivity contribution in [1.82, 2.24) is 0 Å². The van der Waals surface area contributed by atoms with Gasteiger partial charge in [0.2, 0.25) is 0 Å². The second kappa shape index (κ2) is 5.58. The van der Waals surface area contributed by atoms with Crippen molar-refractivity contribution in [2.45, 2.75) is 38.2 Å². The van der Waals surface area contributed by atoms with Crippen LogP contribution in [0.25, 0.3) is 10.8 Å². The summed E-state index contributed by atoms with van der Waals surface area (Å²) >= 11 is 0. The van der Waals surface area contributed by atoms with Crippen LogP contribution in [0.15, 0.2) is 54.1 Å². The summed E-state index contributed by atoms with van der Waals surface area (Å²) in [6.07, 6.45) is 7.65. The predicted octanol–water partition coefficient (Wildman–Crippen LogP) is 4.76. The van der Waals surface area contributed by atoms with E-state index in [1.807, 2.05) is 12.1 Å². The maximum atomic E-state index is 10.4. The fourth-order valence-electron chi connectivity index (χ4n) is 2.87. The quantitative estimate of drug-likeness (QED) is 0.780. The van der Waals surface area contributed by atoms with Crippen LogP contribution in [0.1, 0.15) is 43.8 Å². The normalized spacial score (nSPS) is 17.2. The molecule has 19 heavy (non-hydrogen) atoms. The molecule has 1 aliphatic rings. The average Bonchev–Trinajstić information content (AvgIpc) is 2.48. The summed E-state index contributed by atoms with van der Waals surface area (Å²) in [5.41, 5.74) is 2.46. The summed E-state index contributed by atoms with van der Waals surface area (Å²) in [5.74, 6) is 0. The van der Waals surface area contributed by atoms with E-state index >= 15 is 0 Å². The summed E-state index contributed by atoms with van der Waals surface area (Å²) in [6.45, 7) is 0. The van der Waals surface area contributed by atoms with E-state index in [0.29, 0.717) is 0 Å². The second-order valence-electron chi connectivity index (χ2n) is 5.43. The van der Waals surface area contributed by atoms with Crippen LogP contribution in [-0.4, -0.2) is 5.11 Å². The number of hydrogen-bond donors (Lipinski definition) is 1. The zero-order valence-electron chi connectivity index (χ0n) is 11.2. The molecule has 1 N–H and O–H groups in total. The van der Waals surface area contributed by atoms with E-state index in [9.17, 15) is 5.11 Å². The molecule has 0 spiro atoms. The molecule has 98 valence electrons. The molecule has 2 aromatic rings. The van der Waals surface area contributed by atoms with Crippen LogP contribution in [0.3, 0.4) is 0 Å². The van der Waals surface area contributed by atoms with Gasteiger partial charge in [0.25, 0.3) is 0 Å². The third-order valence-corrected chi connectivity index (χ3v) is 4.00. The zero-order chi connectivity index (χ0) is 13.1. The first kappa shape index (κ1) is 12.4. The topological polar surface area (TPSA) is 20.2 Å². The van der Waals surface area contributed by atoms with E-state index in [4.69, 9.17) is 0 Å². The third kappa shape index (κ3) is 2.87. The molecule has 3 rings (SSSR count). The molecule has 0 saturated carbocycles. The second-order valence-corrected chi connectivity index (χ2v) is 5.43. The smallest absolute Gasteiger partial charge is 0.0827 e. The van der Waals surface area contributed by atoms with Gasteiger partial charge in [0.05, 0.1) is 6.10 Å². The molecule has 0 aliphatic heterocycles. The minimum Gasteiger partial charge on any atom is -0.388 e. The maximum Gasteiger partial charge on any atom is 0.0827 e. The molecule has 0 amide bonds. The van der Waals surface area contributed by atoms with Crippen LogP contribution in [0, 0.1) is 0 Å². The highest BCUT2D eigenvalue weighted by atomic mass is 16.3. The minimum atomic E-state index is -0.367. The molecule has 1 atom stereocenters. The molecule has 1 unspecified atom stereocenters. The number of aliphatic hydroxyl groups is 1. The number of rotatable bonds is 3. The lowest BCUT2D eigenvalue weighted by Gasteiger charge is -2.17. The van der Waals surface area contributed by atoms with Crippen molar-refractivity contribution in [3.63, 3.8) is 0 Å². The van der Waals surface area contributed by atoms with E-state index < -0.39 is 0 Å². The van der Waals surface area contributed by atoms with E-state index in [0.717, 1.165) is 18.4 Å². The van der Waals surface area contributed by atoms with Gasteiger partial charge in [0.15, 0.2) is 0 Å². The first-order chi connectivity index (χ1) is 9.33. The van der Waals surface area contributed by atoms with Gasteiger partial charge in [0.1, 0.15) is 0 Å². The van der Waals surface area contributed by atoms with Crippen LogP contribution < -0.4 is 0 Å². The number of allylic oxidation sites excluding steroid dienone is 1. The van der Waals surface area contributed by atoms with Crippen LogP contribution in [0.2, 0.25) is 0 Å². The van der Waals surface area contributed by atoms with Gasteiger partial charge >= 0.3 is 0 Å². The van der Waals surface area contributed by atoms with Gasteiger partial charge in [-0.05, 0) is 54.5 Å². The summed E-state index contributed by atoms with van der Waals surface area (Å²) < 4.78 is 0. The Morgan fingerprint density at radius 1 is 1.00 bits per heavy atom. The Bertz CT molecular complexity index is 597. The highest BCUT2D eigenvalue weighted by molar-refractivity contribution is 5.83. The molecule has 1 aliphatic carbocycles. The zero-order valence-corrected chi connectivity index (χ0v) is 11.2. The Morgan fingerprint density at radius 2 is 1.84 bits per heavy atom. The summed E-state index contributed by atoms with van der Waals surface area (Å²) in [6, 6.07) is 14.6. The largest absolute Gasteiger partial charge is 0.388 e. The number of aliphatic hydroxyl groups excluding tert-OH is 1. The fourth-order valence-corrected chi connectivity index (χ4v) is 2.87. The summed E-state index contributed by atoms with van der Waals surface area (Å²) in [4.78, 5) is 0. The van der Waals surface area contributed by atoms with Gasteiger partial charge in [0, 0.05) is 0 Å². The van der Waals surface area contributed by atoms with Crippen molar-refractivity contribution >= 4 is 10.8 Å². The van der Waals surface area contributed by atoms with Crippen molar-refractivity contribution in [2.24, 2.45) is 0 Å². The number of fused-ring (bicyclic) bond motifs is 1. The first-order valence-electron chi connectivity index (χ1n) is 7.17. The predicted molar refractivity (Wildman–Crippen MR) is 80.1 cm³/mol. The van der Waals surface area contributed by atoms with Gasteiger partial charge in [-0.15, -0.1) is 0 Å². The van der Waals surface area contributed by atoms with Crippen LogP contribution in [-0.2, 0) is 0 Å². The lowest BCUT2D eigenvalue weighted by atomic mass is 9.92. The molecule has 0 heterocycles. The Hall–Kier alpha value is -1.60. The van der Waals surface area contributed by atoms with Crippen molar-refractivity contribution in [2.75, 3.05) is 0 Å². The standard InChI is InChI=1S/C18H20O/c19-18(12-14-6-2-1-3-7-14)17-11-10-15-8-4-5-9-16(15)13-17/h4-6,8-11,13,18-19H,1-3,7,12H2.